The van der Waals surface area contributed by atoms with Gasteiger partial charge in [0.05, 0.1) is 7.11 Å². The molecule has 2 aliphatic heterocycles. The Morgan fingerprint density at radius 2 is 2.16 bits per heavy atom. The largest absolute Gasteiger partial charge is 0.497 e. The maximum Gasteiger partial charge on any atom is 0.197 e. The maximum atomic E-state index is 10.4. The summed E-state index contributed by atoms with van der Waals surface area (Å²) in [4.78, 5) is 0. The molecule has 1 aromatic carbocycles. The second-order valence-corrected chi connectivity index (χ2v) is 5.30. The van der Waals surface area contributed by atoms with Gasteiger partial charge in [-0.2, -0.15) is 0 Å². The highest BCUT2D eigenvalue weighted by molar-refractivity contribution is 5.31. The molecule has 2 bridgehead atoms. The molecule has 0 saturated carbocycles. The molecule has 5 nitrogen and oxygen atoms in total. The number of aliphatic hydroxyl groups excluding tert-OH is 1. The Kier molecular flexibility index (Phi) is 2.83. The molecule has 0 aliphatic carbocycles. The number of hydrogen-bond donors (Lipinski definition) is 1. The fourth-order valence-corrected chi connectivity index (χ4v) is 2.64. The summed E-state index contributed by atoms with van der Waals surface area (Å²) in [5, 5.41) is 10.4. The van der Waals surface area contributed by atoms with Crippen LogP contribution in [0.25, 0.3) is 0 Å². The van der Waals surface area contributed by atoms with Gasteiger partial charge in [0, 0.05) is 0 Å². The zero-order valence-electron chi connectivity index (χ0n) is 11.3. The van der Waals surface area contributed by atoms with Crippen LogP contribution in [0.5, 0.6) is 5.75 Å². The lowest BCUT2D eigenvalue weighted by atomic mass is 9.97. The molecule has 104 valence electrons. The van der Waals surface area contributed by atoms with Crippen molar-refractivity contribution in [2.45, 2.75) is 37.6 Å². The van der Waals surface area contributed by atoms with Crippen LogP contribution < -0.4 is 4.74 Å². The molecule has 2 heterocycles. The molecular formula is C14H18O5. The van der Waals surface area contributed by atoms with Crippen molar-refractivity contribution in [2.75, 3.05) is 13.7 Å². The molecule has 0 radical (unpaired) electrons. The molecule has 0 amide bonds. The van der Waals surface area contributed by atoms with Crippen molar-refractivity contribution >= 4 is 0 Å². The smallest absolute Gasteiger partial charge is 0.197 e. The van der Waals surface area contributed by atoms with Crippen molar-refractivity contribution < 1.29 is 24.1 Å². The Labute approximate surface area is 112 Å². The van der Waals surface area contributed by atoms with Crippen LogP contribution in [0.15, 0.2) is 24.3 Å². The van der Waals surface area contributed by atoms with E-state index in [1.54, 1.807) is 14.0 Å². The first-order chi connectivity index (χ1) is 8.96. The predicted molar refractivity (Wildman–Crippen MR) is 66.7 cm³/mol. The van der Waals surface area contributed by atoms with Crippen LogP contribution >= 0.6 is 0 Å². The van der Waals surface area contributed by atoms with Gasteiger partial charge in [0.15, 0.2) is 11.6 Å². The zero-order chi connectivity index (χ0) is 13.7. The zero-order valence-corrected chi connectivity index (χ0v) is 11.3. The highest BCUT2D eigenvalue weighted by Crippen LogP contribution is 2.47. The van der Waals surface area contributed by atoms with E-state index in [1.807, 2.05) is 31.2 Å². The van der Waals surface area contributed by atoms with E-state index in [0.717, 1.165) is 11.3 Å². The fraction of sp³-hybridized carbons (Fsp3) is 0.571. The fourth-order valence-electron chi connectivity index (χ4n) is 2.64. The van der Waals surface area contributed by atoms with Crippen molar-refractivity contribution in [3.63, 3.8) is 0 Å². The Hall–Kier alpha value is -1.14. The van der Waals surface area contributed by atoms with Crippen LogP contribution in [0.1, 0.15) is 25.5 Å². The minimum atomic E-state index is -1.03. The molecule has 1 N–H and O–H groups in total. The summed E-state index contributed by atoms with van der Waals surface area (Å²) in [5.41, 5.74) is 0.845. The Morgan fingerprint density at radius 3 is 2.89 bits per heavy atom. The first-order valence-electron chi connectivity index (χ1n) is 6.30. The second kappa shape index (κ2) is 4.18. The van der Waals surface area contributed by atoms with Crippen LogP contribution in [0.4, 0.5) is 0 Å². The van der Waals surface area contributed by atoms with Gasteiger partial charge in [-0.25, -0.2) is 0 Å². The van der Waals surface area contributed by atoms with Gasteiger partial charge < -0.3 is 24.1 Å². The van der Waals surface area contributed by atoms with E-state index < -0.39 is 23.8 Å². The Morgan fingerprint density at radius 1 is 1.37 bits per heavy atom. The van der Waals surface area contributed by atoms with Gasteiger partial charge in [-0.1, -0.05) is 12.1 Å². The summed E-state index contributed by atoms with van der Waals surface area (Å²) in [6.45, 7) is 3.86. The molecule has 0 spiro atoms. The highest BCUT2D eigenvalue weighted by Gasteiger charge is 2.59. The molecule has 3 rings (SSSR count). The Balaban J connectivity index is 1.96. The number of ether oxygens (including phenoxy) is 4. The summed E-state index contributed by atoms with van der Waals surface area (Å²) in [6.07, 6.45) is -1.39. The van der Waals surface area contributed by atoms with Crippen molar-refractivity contribution in [3.8, 4) is 5.75 Å². The Bertz CT molecular complexity index is 490. The van der Waals surface area contributed by atoms with E-state index in [-0.39, 0.29) is 0 Å². The SMILES string of the molecule is COc1cccc([C@H]2O[C@]3(C)CO[C@@](C)(O3)[C@@H]2O)c1. The van der Waals surface area contributed by atoms with E-state index in [4.69, 9.17) is 18.9 Å². The van der Waals surface area contributed by atoms with Crippen molar-refractivity contribution in [2.24, 2.45) is 0 Å². The second-order valence-electron chi connectivity index (χ2n) is 5.30. The maximum absolute atomic E-state index is 10.4. The van der Waals surface area contributed by atoms with E-state index in [2.05, 4.69) is 0 Å². The van der Waals surface area contributed by atoms with Crippen molar-refractivity contribution in [3.05, 3.63) is 29.8 Å². The predicted octanol–water partition coefficient (Wildman–Crippen LogP) is 1.61. The molecule has 19 heavy (non-hydrogen) atoms. The summed E-state index contributed by atoms with van der Waals surface area (Å²) in [7, 11) is 1.61. The normalized spacial score (nSPS) is 41.3. The van der Waals surface area contributed by atoms with Gasteiger partial charge in [-0.3, -0.25) is 0 Å². The standard InChI is InChI=1S/C14H18O5/c1-13-8-17-14(2,19-13)12(15)11(18-13)9-5-4-6-10(7-9)16-3/h4-7,11-12,15H,8H2,1-3H3/t11-,12-,13+,14+/m1/s1. The highest BCUT2D eigenvalue weighted by atomic mass is 16.9. The van der Waals surface area contributed by atoms with Gasteiger partial charge in [0.1, 0.15) is 24.6 Å². The summed E-state index contributed by atoms with van der Waals surface area (Å²) >= 11 is 0. The average molecular weight is 266 g/mol. The van der Waals surface area contributed by atoms with Gasteiger partial charge in [-0.15, -0.1) is 0 Å². The summed E-state index contributed by atoms with van der Waals surface area (Å²) in [6, 6.07) is 7.47. The number of benzene rings is 1. The molecule has 5 heteroatoms. The van der Waals surface area contributed by atoms with E-state index >= 15 is 0 Å². The molecule has 1 aromatic rings. The summed E-state index contributed by atoms with van der Waals surface area (Å²) in [5.74, 6) is -1.12. The van der Waals surface area contributed by atoms with Crippen LogP contribution in [0, 0.1) is 0 Å². The molecule has 2 aliphatic rings. The van der Waals surface area contributed by atoms with E-state index in [9.17, 15) is 5.11 Å². The van der Waals surface area contributed by atoms with Crippen LogP contribution in [0.3, 0.4) is 0 Å². The quantitative estimate of drug-likeness (QED) is 0.881. The van der Waals surface area contributed by atoms with E-state index in [0.29, 0.717) is 6.61 Å². The molecule has 2 fully saturated rings. The first-order valence-corrected chi connectivity index (χ1v) is 6.30. The topological polar surface area (TPSA) is 57.2 Å². The minimum absolute atomic E-state index is 0.307. The van der Waals surface area contributed by atoms with Crippen LogP contribution in [0.2, 0.25) is 0 Å². The number of hydrogen-bond acceptors (Lipinski definition) is 5. The lowest BCUT2D eigenvalue weighted by molar-refractivity contribution is -0.359. The third kappa shape index (κ3) is 2.03. The molecule has 2 saturated heterocycles. The van der Waals surface area contributed by atoms with Gasteiger partial charge >= 0.3 is 0 Å². The van der Waals surface area contributed by atoms with Crippen LogP contribution in [-0.2, 0) is 14.2 Å². The molecular weight excluding hydrogens is 248 g/mol. The van der Waals surface area contributed by atoms with Crippen molar-refractivity contribution in [1.29, 1.82) is 0 Å². The van der Waals surface area contributed by atoms with Crippen molar-refractivity contribution in [1.82, 2.24) is 0 Å². The molecule has 0 aromatic heterocycles. The average Bonchev–Trinajstić information content (AvgIpc) is 2.68. The van der Waals surface area contributed by atoms with Gasteiger partial charge in [0.2, 0.25) is 0 Å². The molecule has 0 unspecified atom stereocenters. The number of rotatable bonds is 2. The van der Waals surface area contributed by atoms with Crippen LogP contribution in [-0.4, -0.2) is 36.5 Å². The monoisotopic (exact) mass is 266 g/mol. The lowest BCUT2D eigenvalue weighted by Crippen LogP contribution is -2.53. The number of fused-ring (bicyclic) bond motifs is 2. The van der Waals surface area contributed by atoms with E-state index in [1.165, 1.54) is 0 Å². The third-order valence-electron chi connectivity index (χ3n) is 3.66. The van der Waals surface area contributed by atoms with Gasteiger partial charge in [-0.05, 0) is 31.5 Å². The molecule has 4 atom stereocenters. The van der Waals surface area contributed by atoms with Gasteiger partial charge in [0.25, 0.3) is 0 Å². The number of aliphatic hydroxyl groups is 1. The summed E-state index contributed by atoms with van der Waals surface area (Å²) < 4.78 is 22.3. The lowest BCUT2D eigenvalue weighted by Gasteiger charge is -2.42. The minimum Gasteiger partial charge on any atom is -0.497 e. The number of methoxy groups -OCH3 is 1. The third-order valence-corrected chi connectivity index (χ3v) is 3.66. The first kappa shape index (κ1) is 12.9.